The highest BCUT2D eigenvalue weighted by atomic mass is 31.1. The van der Waals surface area contributed by atoms with Crippen molar-refractivity contribution in [2.24, 2.45) is 0 Å². The minimum absolute atomic E-state index is 0.983. The van der Waals surface area contributed by atoms with Gasteiger partial charge in [0.1, 0.15) is 0 Å². The zero-order chi connectivity index (χ0) is 37.5. The molecule has 12 aromatic rings. The van der Waals surface area contributed by atoms with E-state index in [1.165, 1.54) is 103 Å². The van der Waals surface area contributed by atoms with Crippen molar-refractivity contribution in [2.75, 3.05) is 0 Å². The van der Waals surface area contributed by atoms with Crippen LogP contribution in [0.2, 0.25) is 0 Å². The molecule has 0 aliphatic carbocycles. The lowest BCUT2D eigenvalue weighted by Gasteiger charge is -2.21. The molecular weight excluding hydrogens is 708 g/mol. The van der Waals surface area contributed by atoms with Crippen molar-refractivity contribution in [3.8, 4) is 11.4 Å². The summed E-state index contributed by atoms with van der Waals surface area (Å²) in [6, 6.07) is 78.8. The zero-order valence-electron chi connectivity index (χ0n) is 31.0. The van der Waals surface area contributed by atoms with Gasteiger partial charge >= 0.3 is 0 Å². The van der Waals surface area contributed by atoms with Crippen molar-refractivity contribution in [2.45, 2.75) is 0 Å². The van der Waals surface area contributed by atoms with Crippen molar-refractivity contribution in [3.05, 3.63) is 212 Å². The number of nitrogens with zero attached hydrogens (tertiary/aromatic N) is 2. The Hall–Kier alpha value is -6.99. The van der Waals surface area contributed by atoms with Crippen LogP contribution in [-0.4, -0.2) is 9.13 Å². The van der Waals surface area contributed by atoms with Crippen LogP contribution in [0.5, 0.6) is 0 Å². The first-order chi connectivity index (χ1) is 28.3. The van der Waals surface area contributed by atoms with Gasteiger partial charge in [0.25, 0.3) is 0 Å². The van der Waals surface area contributed by atoms with Crippen LogP contribution < -0.4 is 15.9 Å². The molecule has 2 heterocycles. The number of hydrogen-bond donors (Lipinski definition) is 0. The molecule has 57 heavy (non-hydrogen) atoms. The largest absolute Gasteiger partial charge is 0.309 e. The lowest BCUT2D eigenvalue weighted by Crippen LogP contribution is -2.21. The van der Waals surface area contributed by atoms with E-state index in [2.05, 4.69) is 221 Å². The summed E-state index contributed by atoms with van der Waals surface area (Å²) in [7, 11) is -0.983. The molecule has 0 saturated carbocycles. The van der Waals surface area contributed by atoms with Crippen LogP contribution >= 0.6 is 7.92 Å². The van der Waals surface area contributed by atoms with E-state index in [4.69, 9.17) is 0 Å². The van der Waals surface area contributed by atoms with Gasteiger partial charge in [-0.05, 0) is 123 Å². The minimum Gasteiger partial charge on any atom is -0.309 e. The van der Waals surface area contributed by atoms with E-state index in [0.717, 1.165) is 0 Å². The fourth-order valence-corrected chi connectivity index (χ4v) is 11.7. The summed E-state index contributed by atoms with van der Waals surface area (Å²) >= 11 is 0. The Morgan fingerprint density at radius 2 is 0.544 bits per heavy atom. The second kappa shape index (κ2) is 12.8. The normalized spacial score (nSPS) is 12.0. The predicted octanol–water partition coefficient (Wildman–Crippen LogP) is 13.1. The molecule has 0 fully saturated rings. The van der Waals surface area contributed by atoms with E-state index >= 15 is 0 Å². The Morgan fingerprint density at radius 1 is 0.228 bits per heavy atom. The Morgan fingerprint density at radius 3 is 1.00 bits per heavy atom. The number of rotatable bonds is 5. The van der Waals surface area contributed by atoms with Crippen LogP contribution in [0.15, 0.2) is 212 Å². The Balaban J connectivity index is 1.15. The van der Waals surface area contributed by atoms with Crippen LogP contribution in [0.25, 0.3) is 87.3 Å². The quantitative estimate of drug-likeness (QED) is 0.123. The van der Waals surface area contributed by atoms with Gasteiger partial charge in [0.2, 0.25) is 0 Å². The van der Waals surface area contributed by atoms with Gasteiger partial charge in [-0.15, -0.1) is 0 Å². The standard InChI is InChI=1S/C54H35N2P/c1-3-15-36(16-4-1)55-51-25-13-11-23-46(51)49-34-39(28-31-53(49)55)57(38-27-30-45-43-21-8-7-19-41(43)42-20-9-10-22-44(42)48(45)33-38)40-29-32-54-50(35-40)47-24-12-14-26-52(47)56(54)37-17-5-2-6-18-37/h1-35H. The maximum absolute atomic E-state index is 2.50. The maximum Gasteiger partial charge on any atom is 0.0541 e. The summed E-state index contributed by atoms with van der Waals surface area (Å²) in [6.07, 6.45) is 0. The van der Waals surface area contributed by atoms with Crippen LogP contribution in [-0.2, 0) is 0 Å². The Labute approximate surface area is 331 Å². The van der Waals surface area contributed by atoms with Crippen molar-refractivity contribution in [1.82, 2.24) is 9.13 Å². The van der Waals surface area contributed by atoms with Gasteiger partial charge in [0, 0.05) is 32.9 Å². The van der Waals surface area contributed by atoms with Gasteiger partial charge in [-0.2, -0.15) is 0 Å². The summed E-state index contributed by atoms with van der Waals surface area (Å²) in [6.45, 7) is 0. The second-order valence-corrected chi connectivity index (χ2v) is 17.2. The predicted molar refractivity (Wildman–Crippen MR) is 246 cm³/mol. The van der Waals surface area contributed by atoms with E-state index in [1.54, 1.807) is 0 Å². The van der Waals surface area contributed by atoms with Crippen molar-refractivity contribution < 1.29 is 0 Å². The van der Waals surface area contributed by atoms with Crippen molar-refractivity contribution in [3.63, 3.8) is 0 Å². The zero-order valence-corrected chi connectivity index (χ0v) is 31.9. The average Bonchev–Trinajstić information content (AvgIpc) is 3.79. The molecule has 0 bridgehead atoms. The molecular formula is C54H35N2P. The third-order valence-electron chi connectivity index (χ3n) is 11.8. The molecule has 0 saturated heterocycles. The van der Waals surface area contributed by atoms with Crippen LogP contribution in [0.4, 0.5) is 0 Å². The van der Waals surface area contributed by atoms with Crippen LogP contribution in [0.3, 0.4) is 0 Å². The van der Waals surface area contributed by atoms with Gasteiger partial charge in [0.05, 0.1) is 22.1 Å². The maximum atomic E-state index is 2.50. The fraction of sp³-hybridized carbons (Fsp3) is 0. The summed E-state index contributed by atoms with van der Waals surface area (Å²) in [4.78, 5) is 0. The molecule has 0 spiro atoms. The number of fused-ring (bicyclic) bond motifs is 12. The highest BCUT2D eigenvalue weighted by Gasteiger charge is 2.23. The second-order valence-electron chi connectivity index (χ2n) is 14.9. The van der Waals surface area contributed by atoms with Gasteiger partial charge in [0.15, 0.2) is 0 Å². The molecule has 2 nitrogen and oxygen atoms in total. The van der Waals surface area contributed by atoms with E-state index < -0.39 is 7.92 Å². The first kappa shape index (κ1) is 32.3. The fourth-order valence-electron chi connectivity index (χ4n) is 9.39. The Bertz CT molecular complexity index is 3330. The van der Waals surface area contributed by atoms with E-state index in [-0.39, 0.29) is 0 Å². The molecule has 3 heteroatoms. The van der Waals surface area contributed by atoms with E-state index in [0.29, 0.717) is 0 Å². The molecule has 266 valence electrons. The van der Waals surface area contributed by atoms with Gasteiger partial charge in [-0.25, -0.2) is 0 Å². The topological polar surface area (TPSA) is 9.86 Å². The molecule has 0 aliphatic rings. The smallest absolute Gasteiger partial charge is 0.0541 e. The summed E-state index contributed by atoms with van der Waals surface area (Å²) in [5.41, 5.74) is 7.23. The minimum atomic E-state index is -0.983. The molecule has 12 rings (SSSR count). The highest BCUT2D eigenvalue weighted by molar-refractivity contribution is 7.79. The molecule has 0 unspecified atom stereocenters. The van der Waals surface area contributed by atoms with Crippen LogP contribution in [0, 0.1) is 0 Å². The molecule has 0 amide bonds. The van der Waals surface area contributed by atoms with Crippen molar-refractivity contribution >= 4 is 99.8 Å². The molecule has 0 aliphatic heterocycles. The molecule has 0 radical (unpaired) electrons. The number of benzene rings is 10. The summed E-state index contributed by atoms with van der Waals surface area (Å²) < 4.78 is 4.82. The lowest BCUT2D eigenvalue weighted by atomic mass is 9.94. The van der Waals surface area contributed by atoms with E-state index in [9.17, 15) is 0 Å². The van der Waals surface area contributed by atoms with Gasteiger partial charge in [-0.3, -0.25) is 0 Å². The number of hydrogen-bond acceptors (Lipinski definition) is 0. The average molecular weight is 743 g/mol. The van der Waals surface area contributed by atoms with Gasteiger partial charge < -0.3 is 9.13 Å². The number of aromatic nitrogens is 2. The first-order valence-electron chi connectivity index (χ1n) is 19.6. The number of para-hydroxylation sites is 4. The van der Waals surface area contributed by atoms with E-state index in [1.807, 2.05) is 0 Å². The first-order valence-corrected chi connectivity index (χ1v) is 20.9. The summed E-state index contributed by atoms with van der Waals surface area (Å²) in [5, 5.41) is 16.9. The van der Waals surface area contributed by atoms with Crippen LogP contribution in [0.1, 0.15) is 0 Å². The monoisotopic (exact) mass is 742 g/mol. The molecule has 2 aromatic heterocycles. The molecule has 0 N–H and O–H groups in total. The third-order valence-corrected chi connectivity index (χ3v) is 14.2. The molecule has 10 aromatic carbocycles. The summed E-state index contributed by atoms with van der Waals surface area (Å²) in [5.74, 6) is 0. The Kier molecular flexibility index (Phi) is 7.24. The van der Waals surface area contributed by atoms with Crippen molar-refractivity contribution in [1.29, 1.82) is 0 Å². The highest BCUT2D eigenvalue weighted by Crippen LogP contribution is 2.42. The third kappa shape index (κ3) is 4.94. The molecule has 0 atom stereocenters. The van der Waals surface area contributed by atoms with Gasteiger partial charge in [-0.1, -0.05) is 146 Å². The lowest BCUT2D eigenvalue weighted by molar-refractivity contribution is 1.18. The SMILES string of the molecule is c1ccc(-n2c3ccccc3c3cc(P(c4ccc5c6ccccc6c6ccccc6c5c4)c4ccc5c(c4)c4ccccc4n5-c4ccccc4)ccc32)cc1.